The lowest BCUT2D eigenvalue weighted by atomic mass is 9.99. The molecule has 3 heterocycles. The number of nitrogen functional groups attached to an aromatic ring is 1. The van der Waals surface area contributed by atoms with Crippen LogP contribution in [0, 0.1) is 0 Å². The van der Waals surface area contributed by atoms with E-state index >= 15 is 0 Å². The lowest BCUT2D eigenvalue weighted by Gasteiger charge is -2.39. The van der Waals surface area contributed by atoms with E-state index in [9.17, 15) is 0 Å². The molecule has 1 aromatic heterocycles. The van der Waals surface area contributed by atoms with Gasteiger partial charge in [-0.25, -0.2) is 0 Å². The predicted octanol–water partition coefficient (Wildman–Crippen LogP) is 0.788. The quantitative estimate of drug-likeness (QED) is 0.843. The number of aromatic nitrogens is 1. The third-order valence-electron chi connectivity index (χ3n) is 4.32. The van der Waals surface area contributed by atoms with Crippen LogP contribution in [0.3, 0.4) is 0 Å². The number of morpholine rings is 1. The highest BCUT2D eigenvalue weighted by Gasteiger charge is 2.36. The second-order valence-electron chi connectivity index (χ2n) is 5.43. The molecule has 3 atom stereocenters. The molecule has 0 amide bonds. The minimum absolute atomic E-state index is 0.107. The van der Waals surface area contributed by atoms with E-state index in [2.05, 4.69) is 15.2 Å². The highest BCUT2D eigenvalue weighted by molar-refractivity contribution is 5.46. The van der Waals surface area contributed by atoms with Crippen LogP contribution in [0.25, 0.3) is 0 Å². The first kappa shape index (κ1) is 12.8. The van der Waals surface area contributed by atoms with Crippen molar-refractivity contribution in [2.24, 2.45) is 0 Å². The van der Waals surface area contributed by atoms with E-state index in [0.717, 1.165) is 24.4 Å². The molecule has 19 heavy (non-hydrogen) atoms. The van der Waals surface area contributed by atoms with Crippen LogP contribution in [0.2, 0.25) is 0 Å². The van der Waals surface area contributed by atoms with Gasteiger partial charge in [-0.05, 0) is 32.5 Å². The van der Waals surface area contributed by atoms with Crippen molar-refractivity contribution in [3.63, 3.8) is 0 Å². The molecule has 0 saturated carbocycles. The molecule has 2 aliphatic heterocycles. The molecule has 0 bridgehead atoms. The zero-order valence-electron chi connectivity index (χ0n) is 11.4. The maximum atomic E-state index is 6.07. The van der Waals surface area contributed by atoms with Gasteiger partial charge in [-0.2, -0.15) is 0 Å². The molecule has 1 aromatic rings. The fourth-order valence-corrected chi connectivity index (χ4v) is 3.26. The van der Waals surface area contributed by atoms with Gasteiger partial charge in [0.1, 0.15) is 0 Å². The summed E-state index contributed by atoms with van der Waals surface area (Å²) in [5, 5.41) is 3.34. The van der Waals surface area contributed by atoms with Crippen molar-refractivity contribution in [1.29, 1.82) is 0 Å². The third-order valence-corrected chi connectivity index (χ3v) is 4.32. The summed E-state index contributed by atoms with van der Waals surface area (Å²) in [5.41, 5.74) is 7.88. The van der Waals surface area contributed by atoms with E-state index in [-0.39, 0.29) is 12.1 Å². The molecule has 2 saturated heterocycles. The van der Waals surface area contributed by atoms with E-state index in [0.29, 0.717) is 6.04 Å². The minimum atomic E-state index is 0.107. The molecule has 3 N–H and O–H groups in total. The van der Waals surface area contributed by atoms with Gasteiger partial charge < -0.3 is 15.8 Å². The van der Waals surface area contributed by atoms with E-state index in [1.54, 1.807) is 6.20 Å². The number of fused-ring (bicyclic) bond motifs is 1. The Labute approximate surface area is 114 Å². The maximum Gasteiger partial charge on any atom is 0.0898 e. The summed E-state index contributed by atoms with van der Waals surface area (Å²) < 4.78 is 6.07. The largest absolute Gasteiger partial charge is 0.398 e. The number of nitrogens with zero attached hydrogens (tertiary/aromatic N) is 2. The normalized spacial score (nSPS) is 29.1. The van der Waals surface area contributed by atoms with Crippen LogP contribution >= 0.6 is 0 Å². The molecule has 3 unspecified atom stereocenters. The average Bonchev–Trinajstić information content (AvgIpc) is 2.89. The van der Waals surface area contributed by atoms with Crippen LogP contribution < -0.4 is 11.1 Å². The fraction of sp³-hybridized carbons (Fsp3) is 0.643. The zero-order valence-corrected chi connectivity index (χ0v) is 11.4. The Balaban J connectivity index is 1.77. The molecule has 5 nitrogen and oxygen atoms in total. The Kier molecular flexibility index (Phi) is 3.68. The van der Waals surface area contributed by atoms with E-state index < -0.39 is 0 Å². The average molecular weight is 262 g/mol. The number of anilines is 1. The highest BCUT2D eigenvalue weighted by Crippen LogP contribution is 2.30. The monoisotopic (exact) mass is 262 g/mol. The first-order chi connectivity index (χ1) is 9.29. The van der Waals surface area contributed by atoms with Gasteiger partial charge in [0.15, 0.2) is 0 Å². The Morgan fingerprint density at radius 2 is 2.47 bits per heavy atom. The SMILES string of the molecule is CNC(c1cnccc1N)C1CN2CCCC2CO1. The smallest absolute Gasteiger partial charge is 0.0898 e. The number of ether oxygens (including phenoxy) is 1. The summed E-state index contributed by atoms with van der Waals surface area (Å²) in [6.07, 6.45) is 6.27. The lowest BCUT2D eigenvalue weighted by Crippen LogP contribution is -2.50. The molecule has 5 heteroatoms. The van der Waals surface area contributed by atoms with E-state index in [4.69, 9.17) is 10.5 Å². The summed E-state index contributed by atoms with van der Waals surface area (Å²) >= 11 is 0. The molecule has 2 fully saturated rings. The molecule has 0 radical (unpaired) electrons. The van der Waals surface area contributed by atoms with Crippen LogP contribution in [0.1, 0.15) is 24.4 Å². The lowest BCUT2D eigenvalue weighted by molar-refractivity contribution is -0.0642. The number of rotatable bonds is 3. The van der Waals surface area contributed by atoms with Gasteiger partial charge in [0.25, 0.3) is 0 Å². The highest BCUT2D eigenvalue weighted by atomic mass is 16.5. The Morgan fingerprint density at radius 3 is 3.26 bits per heavy atom. The summed E-state index contributed by atoms with van der Waals surface area (Å²) in [6.45, 7) is 3.01. The van der Waals surface area contributed by atoms with Crippen molar-refractivity contribution in [3.05, 3.63) is 24.0 Å². The number of pyridine rings is 1. The summed E-state index contributed by atoms with van der Waals surface area (Å²) in [7, 11) is 1.95. The van der Waals surface area contributed by atoms with Crippen LogP contribution in [0.5, 0.6) is 0 Å². The second-order valence-corrected chi connectivity index (χ2v) is 5.43. The first-order valence-electron chi connectivity index (χ1n) is 7.02. The van der Waals surface area contributed by atoms with Crippen LogP contribution in [0.15, 0.2) is 18.5 Å². The molecule has 0 aromatic carbocycles. The topological polar surface area (TPSA) is 63.4 Å². The summed E-state index contributed by atoms with van der Waals surface area (Å²) in [5.74, 6) is 0. The second kappa shape index (κ2) is 5.45. The summed E-state index contributed by atoms with van der Waals surface area (Å²) in [6, 6.07) is 2.58. The zero-order chi connectivity index (χ0) is 13.2. The van der Waals surface area contributed by atoms with Crippen molar-refractivity contribution in [1.82, 2.24) is 15.2 Å². The van der Waals surface area contributed by atoms with Crippen LogP contribution in [0.4, 0.5) is 5.69 Å². The van der Waals surface area contributed by atoms with Gasteiger partial charge in [0, 0.05) is 36.2 Å². The van der Waals surface area contributed by atoms with Crippen molar-refractivity contribution in [3.8, 4) is 0 Å². The van der Waals surface area contributed by atoms with Gasteiger partial charge in [0.05, 0.1) is 18.8 Å². The number of nitrogens with two attached hydrogens (primary N) is 1. The van der Waals surface area contributed by atoms with Crippen LogP contribution in [-0.4, -0.2) is 48.8 Å². The Hall–Kier alpha value is -1.17. The molecule has 2 aliphatic rings. The van der Waals surface area contributed by atoms with Gasteiger partial charge in [0.2, 0.25) is 0 Å². The number of hydrogen-bond acceptors (Lipinski definition) is 5. The molecule has 104 valence electrons. The number of hydrogen-bond donors (Lipinski definition) is 2. The van der Waals surface area contributed by atoms with Crippen molar-refractivity contribution >= 4 is 5.69 Å². The first-order valence-corrected chi connectivity index (χ1v) is 7.02. The van der Waals surface area contributed by atoms with Crippen molar-refractivity contribution < 1.29 is 4.74 Å². The van der Waals surface area contributed by atoms with Gasteiger partial charge in [-0.15, -0.1) is 0 Å². The number of nitrogens with one attached hydrogen (secondary N) is 1. The molecular formula is C14H22N4O. The van der Waals surface area contributed by atoms with Crippen LogP contribution in [-0.2, 0) is 4.74 Å². The Morgan fingerprint density at radius 1 is 1.58 bits per heavy atom. The predicted molar refractivity (Wildman–Crippen MR) is 74.8 cm³/mol. The van der Waals surface area contributed by atoms with Gasteiger partial charge in [-0.1, -0.05) is 0 Å². The van der Waals surface area contributed by atoms with Gasteiger partial charge >= 0.3 is 0 Å². The molecule has 0 aliphatic carbocycles. The van der Waals surface area contributed by atoms with Crippen molar-refractivity contribution in [2.45, 2.75) is 31.0 Å². The Bertz CT molecular complexity index is 439. The van der Waals surface area contributed by atoms with Crippen molar-refractivity contribution in [2.75, 3.05) is 32.5 Å². The van der Waals surface area contributed by atoms with Gasteiger partial charge in [-0.3, -0.25) is 9.88 Å². The minimum Gasteiger partial charge on any atom is -0.398 e. The summed E-state index contributed by atoms with van der Waals surface area (Å²) in [4.78, 5) is 6.73. The standard InChI is InChI=1S/C14H22N4O/c1-16-14(11-7-17-5-4-12(11)15)13-8-18-6-2-3-10(18)9-19-13/h4-5,7,10,13-14,16H,2-3,6,8-9H2,1H3,(H2,15,17). The molecular weight excluding hydrogens is 240 g/mol. The number of likely N-dealkylation sites (N-methyl/N-ethyl adjacent to an activating group) is 1. The van der Waals surface area contributed by atoms with E-state index in [1.807, 2.05) is 19.3 Å². The third kappa shape index (κ3) is 2.45. The molecule has 3 rings (SSSR count). The molecule has 0 spiro atoms. The fourth-order valence-electron chi connectivity index (χ4n) is 3.26. The van der Waals surface area contributed by atoms with E-state index in [1.165, 1.54) is 19.4 Å². The maximum absolute atomic E-state index is 6.07.